The van der Waals surface area contributed by atoms with Crippen LogP contribution in [-0.4, -0.2) is 17.6 Å². The summed E-state index contributed by atoms with van der Waals surface area (Å²) < 4.78 is 15.1. The minimum absolute atomic E-state index is 0.208. The lowest BCUT2D eigenvalue weighted by atomic mass is 9.95. The second-order valence-corrected chi connectivity index (χ2v) is 12.3. The number of thiazole rings is 1. The van der Waals surface area contributed by atoms with Crippen molar-refractivity contribution in [3.8, 4) is 5.75 Å². The molecule has 4 aromatic rings. The van der Waals surface area contributed by atoms with E-state index >= 15 is 0 Å². The second-order valence-electron chi connectivity index (χ2n) is 9.29. The first-order valence-electron chi connectivity index (χ1n) is 12.7. The lowest BCUT2D eigenvalue weighted by Gasteiger charge is -2.25. The van der Waals surface area contributed by atoms with Gasteiger partial charge in [0.2, 0.25) is 0 Å². The van der Waals surface area contributed by atoms with Crippen molar-refractivity contribution in [3.63, 3.8) is 0 Å². The molecule has 1 aliphatic heterocycles. The maximum atomic E-state index is 13.8. The third-order valence-electron chi connectivity index (χ3n) is 6.55. The summed E-state index contributed by atoms with van der Waals surface area (Å²) in [5.74, 6) is 0.267. The zero-order valence-corrected chi connectivity index (χ0v) is 26.7. The number of carbonyl (C=O) groups is 1. The van der Waals surface area contributed by atoms with Crippen molar-refractivity contribution < 1.29 is 14.3 Å². The van der Waals surface area contributed by atoms with Crippen LogP contribution in [0, 0.1) is 10.5 Å². The van der Waals surface area contributed by atoms with E-state index in [0.717, 1.165) is 30.5 Å². The normalized spacial score (nSPS) is 15.0. The number of rotatable bonds is 7. The molecule has 0 saturated carbocycles. The number of aromatic nitrogens is 1. The Kier molecular flexibility index (Phi) is 8.72. The molecule has 204 valence electrons. The number of benzene rings is 3. The average molecular weight is 729 g/mol. The molecule has 5 rings (SSSR count). The number of ether oxygens (including phenoxy) is 2. The molecule has 0 fully saturated rings. The summed E-state index contributed by atoms with van der Waals surface area (Å²) in [4.78, 5) is 32.1. The minimum atomic E-state index is -0.619. The maximum absolute atomic E-state index is 13.8. The van der Waals surface area contributed by atoms with Crippen molar-refractivity contribution in [1.29, 1.82) is 0 Å². The van der Waals surface area contributed by atoms with Gasteiger partial charge in [0.05, 0.1) is 37.0 Å². The first-order valence-corrected chi connectivity index (χ1v) is 15.3. The van der Waals surface area contributed by atoms with E-state index in [4.69, 9.17) is 14.5 Å². The van der Waals surface area contributed by atoms with Gasteiger partial charge in [0.15, 0.2) is 4.80 Å². The Labute approximate surface area is 258 Å². The number of allylic oxidation sites excluding steroid dienone is 1. The van der Waals surface area contributed by atoms with Crippen molar-refractivity contribution in [1.82, 2.24) is 4.57 Å². The van der Waals surface area contributed by atoms with Gasteiger partial charge >= 0.3 is 5.97 Å². The number of hydrogen-bond donors (Lipinski definition) is 0. The van der Waals surface area contributed by atoms with Gasteiger partial charge in [-0.1, -0.05) is 78.4 Å². The Morgan fingerprint density at radius 3 is 2.60 bits per heavy atom. The number of halogens is 2. The maximum Gasteiger partial charge on any atom is 0.338 e. The number of carbonyl (C=O) groups excluding carboxylic acids is 1. The molecule has 1 aromatic heterocycles. The highest BCUT2D eigenvalue weighted by molar-refractivity contribution is 14.1. The molecule has 2 heterocycles. The van der Waals surface area contributed by atoms with E-state index in [9.17, 15) is 9.59 Å². The largest absolute Gasteiger partial charge is 0.487 e. The first-order chi connectivity index (χ1) is 19.3. The number of aryl methyl sites for hydroxylation is 1. The van der Waals surface area contributed by atoms with E-state index in [1.165, 1.54) is 24.0 Å². The van der Waals surface area contributed by atoms with Gasteiger partial charge in [-0.05, 0) is 86.8 Å². The molecule has 3 aromatic carbocycles. The van der Waals surface area contributed by atoms with E-state index in [-0.39, 0.29) is 5.56 Å². The Morgan fingerprint density at radius 1 is 1.15 bits per heavy atom. The van der Waals surface area contributed by atoms with Crippen LogP contribution in [0.15, 0.2) is 92.3 Å². The van der Waals surface area contributed by atoms with Crippen molar-refractivity contribution in [2.75, 3.05) is 7.11 Å². The third-order valence-corrected chi connectivity index (χ3v) is 8.92. The molecule has 40 heavy (non-hydrogen) atoms. The number of esters is 1. The fourth-order valence-electron chi connectivity index (χ4n) is 4.72. The van der Waals surface area contributed by atoms with Gasteiger partial charge in [-0.2, -0.15) is 0 Å². The zero-order valence-electron chi connectivity index (χ0n) is 22.1. The standard InChI is InChI=1S/C31H26BrIN2O4S/c1-4-24-26(30(37)38-3)27(21-11-6-5-7-12-21)35-29(36)25(40-31(35)34-24)16-20-14-22(32)28(23(33)15-20)39-17-19-10-8-9-18(2)13-19/h5-16,27H,4,17H2,1-3H3/b25-16-/t27-/m0/s1. The lowest BCUT2D eigenvalue weighted by Crippen LogP contribution is -2.40. The van der Waals surface area contributed by atoms with E-state index in [1.54, 1.807) is 4.57 Å². The van der Waals surface area contributed by atoms with Crippen LogP contribution in [0.1, 0.15) is 41.6 Å². The molecule has 1 atom stereocenters. The Hall–Kier alpha value is -3.02. The summed E-state index contributed by atoms with van der Waals surface area (Å²) >= 11 is 7.22. The van der Waals surface area contributed by atoms with Gasteiger partial charge < -0.3 is 9.47 Å². The van der Waals surface area contributed by atoms with Crippen LogP contribution in [0.25, 0.3) is 6.08 Å². The van der Waals surface area contributed by atoms with Crippen molar-refractivity contribution in [2.24, 2.45) is 4.99 Å². The Morgan fingerprint density at radius 2 is 1.93 bits per heavy atom. The topological polar surface area (TPSA) is 69.9 Å². The predicted molar refractivity (Wildman–Crippen MR) is 169 cm³/mol. The Balaban J connectivity index is 1.57. The minimum Gasteiger partial charge on any atom is -0.487 e. The summed E-state index contributed by atoms with van der Waals surface area (Å²) in [6.07, 6.45) is 2.39. The summed E-state index contributed by atoms with van der Waals surface area (Å²) in [5.41, 5.74) is 4.76. The number of hydrogen-bond acceptors (Lipinski definition) is 6. The lowest BCUT2D eigenvalue weighted by molar-refractivity contribution is -0.136. The molecule has 0 saturated heterocycles. The molecule has 0 bridgehead atoms. The predicted octanol–water partition coefficient (Wildman–Crippen LogP) is 6.05. The quantitative estimate of drug-likeness (QED) is 0.172. The van der Waals surface area contributed by atoms with Crippen LogP contribution in [0.5, 0.6) is 5.75 Å². The molecule has 1 aliphatic rings. The van der Waals surface area contributed by atoms with Crippen LogP contribution < -0.4 is 19.6 Å². The van der Waals surface area contributed by atoms with Gasteiger partial charge in [0.25, 0.3) is 5.56 Å². The summed E-state index contributed by atoms with van der Waals surface area (Å²) in [6, 6.07) is 21.1. The Bertz CT molecular complexity index is 1790. The molecular weight excluding hydrogens is 703 g/mol. The molecule has 0 unspecified atom stereocenters. The SMILES string of the molecule is CCC1=C(C(=O)OC)[C@H](c2ccccc2)n2c(s/c(=C\c3cc(Br)c(OCc4cccc(C)c4)c(I)c3)c2=O)=N1. The average Bonchev–Trinajstić information content (AvgIpc) is 3.25. The van der Waals surface area contributed by atoms with Crippen LogP contribution in [-0.2, 0) is 16.1 Å². The van der Waals surface area contributed by atoms with Crippen molar-refractivity contribution in [3.05, 3.63) is 128 Å². The van der Waals surface area contributed by atoms with E-state index in [2.05, 4.69) is 57.6 Å². The molecule has 0 aliphatic carbocycles. The number of fused-ring (bicyclic) bond motifs is 1. The van der Waals surface area contributed by atoms with Gasteiger partial charge in [-0.15, -0.1) is 0 Å². The highest BCUT2D eigenvalue weighted by atomic mass is 127. The fraction of sp³-hybridized carbons (Fsp3) is 0.194. The molecule has 6 nitrogen and oxygen atoms in total. The van der Waals surface area contributed by atoms with Crippen molar-refractivity contribution in [2.45, 2.75) is 32.9 Å². The number of nitrogens with zero attached hydrogens (tertiary/aromatic N) is 2. The van der Waals surface area contributed by atoms with Crippen molar-refractivity contribution >= 4 is 61.9 Å². The van der Waals surface area contributed by atoms with Crippen LogP contribution >= 0.6 is 49.9 Å². The van der Waals surface area contributed by atoms with Gasteiger partial charge in [0.1, 0.15) is 12.4 Å². The van der Waals surface area contributed by atoms with Gasteiger partial charge in [0, 0.05) is 0 Å². The number of methoxy groups -OCH3 is 1. The summed E-state index contributed by atoms with van der Waals surface area (Å²) in [6.45, 7) is 4.46. The molecule has 0 radical (unpaired) electrons. The highest BCUT2D eigenvalue weighted by Crippen LogP contribution is 2.34. The first kappa shape index (κ1) is 28.5. The monoisotopic (exact) mass is 728 g/mol. The third kappa shape index (κ3) is 5.73. The molecular formula is C31H26BrIN2O4S. The van der Waals surface area contributed by atoms with Gasteiger partial charge in [-0.25, -0.2) is 9.79 Å². The van der Waals surface area contributed by atoms with E-state index in [1.807, 2.05) is 67.6 Å². The molecule has 0 N–H and O–H groups in total. The summed E-state index contributed by atoms with van der Waals surface area (Å²) in [7, 11) is 1.35. The smallest absolute Gasteiger partial charge is 0.338 e. The van der Waals surface area contributed by atoms with Crippen LogP contribution in [0.3, 0.4) is 0 Å². The summed E-state index contributed by atoms with van der Waals surface area (Å²) in [5, 5.41) is 0. The molecule has 0 amide bonds. The molecule has 0 spiro atoms. The van der Waals surface area contributed by atoms with Crippen LogP contribution in [0.4, 0.5) is 0 Å². The fourth-order valence-corrected chi connectivity index (χ4v) is 7.51. The zero-order chi connectivity index (χ0) is 28.4. The van der Waals surface area contributed by atoms with Crippen LogP contribution in [0.2, 0.25) is 0 Å². The van der Waals surface area contributed by atoms with E-state index in [0.29, 0.717) is 33.6 Å². The van der Waals surface area contributed by atoms with Gasteiger partial charge in [-0.3, -0.25) is 9.36 Å². The second kappa shape index (κ2) is 12.2. The van der Waals surface area contributed by atoms with E-state index < -0.39 is 12.0 Å². The highest BCUT2D eigenvalue weighted by Gasteiger charge is 2.33. The molecule has 9 heteroatoms.